The van der Waals surface area contributed by atoms with Crippen molar-refractivity contribution >= 4 is 17.9 Å². The van der Waals surface area contributed by atoms with Gasteiger partial charge in [0, 0.05) is 24.8 Å². The molecule has 2 heterocycles. The normalized spacial score (nSPS) is 22.8. The standard InChI is InChI=1S/C18H22ClNO3/c1-13(11-21)20-4-7-23-12-18(20)16-8-15(9-17(19)10-16)14-2-5-22-6-3-14/h8-11,14,18H,1-7,12H2. The topological polar surface area (TPSA) is 38.8 Å². The molecule has 0 amide bonds. The van der Waals surface area contributed by atoms with Crippen LogP contribution in [0.3, 0.4) is 0 Å². The zero-order valence-electron chi connectivity index (χ0n) is 13.2. The number of allylic oxidation sites excluding steroid dienone is 1. The Balaban J connectivity index is 1.89. The number of nitrogens with zero attached hydrogens (tertiary/aromatic N) is 1. The number of aldehydes is 1. The minimum atomic E-state index is -0.0151. The maximum atomic E-state index is 11.1. The predicted molar refractivity (Wildman–Crippen MR) is 89.7 cm³/mol. The lowest BCUT2D eigenvalue weighted by Gasteiger charge is -2.37. The van der Waals surface area contributed by atoms with Crippen LogP contribution >= 0.6 is 11.6 Å². The monoisotopic (exact) mass is 335 g/mol. The van der Waals surface area contributed by atoms with Gasteiger partial charge < -0.3 is 14.4 Å². The zero-order chi connectivity index (χ0) is 16.2. The summed E-state index contributed by atoms with van der Waals surface area (Å²) in [5.41, 5.74) is 2.82. The Morgan fingerprint density at radius 1 is 1.17 bits per heavy atom. The molecular formula is C18H22ClNO3. The summed E-state index contributed by atoms with van der Waals surface area (Å²) < 4.78 is 11.1. The summed E-state index contributed by atoms with van der Waals surface area (Å²) in [6.45, 7) is 7.28. The number of morpholine rings is 1. The largest absolute Gasteiger partial charge is 0.381 e. The van der Waals surface area contributed by atoms with E-state index in [-0.39, 0.29) is 6.04 Å². The Bertz CT molecular complexity index is 584. The van der Waals surface area contributed by atoms with E-state index in [2.05, 4.69) is 12.6 Å². The van der Waals surface area contributed by atoms with Crippen LogP contribution < -0.4 is 0 Å². The van der Waals surface area contributed by atoms with E-state index in [1.54, 1.807) is 0 Å². The first-order valence-corrected chi connectivity index (χ1v) is 8.43. The predicted octanol–water partition coefficient (Wildman–Crippen LogP) is 3.32. The summed E-state index contributed by atoms with van der Waals surface area (Å²) in [7, 11) is 0. The number of carbonyl (C=O) groups is 1. The van der Waals surface area contributed by atoms with Gasteiger partial charge in [-0.05, 0) is 42.0 Å². The number of ether oxygens (including phenoxy) is 2. The molecule has 0 aromatic heterocycles. The second-order valence-corrected chi connectivity index (χ2v) is 6.53. The minimum absolute atomic E-state index is 0.0151. The molecule has 1 aromatic rings. The molecule has 0 N–H and O–H groups in total. The highest BCUT2D eigenvalue weighted by Gasteiger charge is 2.27. The molecule has 1 unspecified atom stereocenters. The van der Waals surface area contributed by atoms with Gasteiger partial charge >= 0.3 is 0 Å². The molecule has 23 heavy (non-hydrogen) atoms. The summed E-state index contributed by atoms with van der Waals surface area (Å²) >= 11 is 6.37. The fourth-order valence-electron chi connectivity index (χ4n) is 3.39. The van der Waals surface area contributed by atoms with Crippen molar-refractivity contribution in [3.63, 3.8) is 0 Å². The molecular weight excluding hydrogens is 314 g/mol. The Kier molecular flexibility index (Phi) is 5.36. The van der Waals surface area contributed by atoms with E-state index in [4.69, 9.17) is 21.1 Å². The van der Waals surface area contributed by atoms with Crippen LogP contribution in [0.25, 0.3) is 0 Å². The van der Waals surface area contributed by atoms with Gasteiger partial charge in [0.05, 0.1) is 25.0 Å². The van der Waals surface area contributed by atoms with Gasteiger partial charge in [0.1, 0.15) is 0 Å². The van der Waals surface area contributed by atoms with Gasteiger partial charge in [-0.1, -0.05) is 24.2 Å². The third-order valence-electron chi connectivity index (χ3n) is 4.65. The molecule has 0 saturated carbocycles. The number of benzene rings is 1. The third kappa shape index (κ3) is 3.77. The maximum Gasteiger partial charge on any atom is 0.165 e. The van der Waals surface area contributed by atoms with E-state index in [0.29, 0.717) is 31.4 Å². The first-order chi connectivity index (χ1) is 11.2. The average molecular weight is 336 g/mol. The molecule has 2 aliphatic heterocycles. The van der Waals surface area contributed by atoms with Crippen molar-refractivity contribution in [2.75, 3.05) is 33.0 Å². The highest BCUT2D eigenvalue weighted by atomic mass is 35.5. The third-order valence-corrected chi connectivity index (χ3v) is 4.87. The molecule has 0 spiro atoms. The van der Waals surface area contributed by atoms with Crippen molar-refractivity contribution in [1.82, 2.24) is 4.90 Å². The fraction of sp³-hybridized carbons (Fsp3) is 0.500. The van der Waals surface area contributed by atoms with Gasteiger partial charge in [0.25, 0.3) is 0 Å². The molecule has 3 rings (SSSR count). The van der Waals surface area contributed by atoms with Crippen LogP contribution in [0.4, 0.5) is 0 Å². The summed E-state index contributed by atoms with van der Waals surface area (Å²) in [6.07, 6.45) is 2.85. The molecule has 1 atom stereocenters. The van der Waals surface area contributed by atoms with E-state index < -0.39 is 0 Å². The van der Waals surface area contributed by atoms with Crippen molar-refractivity contribution in [3.8, 4) is 0 Å². The molecule has 2 fully saturated rings. The number of hydrogen-bond donors (Lipinski definition) is 0. The Labute approximate surface area is 142 Å². The Morgan fingerprint density at radius 2 is 1.91 bits per heavy atom. The van der Waals surface area contributed by atoms with E-state index in [0.717, 1.165) is 42.9 Å². The molecule has 0 aliphatic carbocycles. The van der Waals surface area contributed by atoms with Crippen LogP contribution in [-0.2, 0) is 14.3 Å². The van der Waals surface area contributed by atoms with Crippen molar-refractivity contribution < 1.29 is 14.3 Å². The van der Waals surface area contributed by atoms with E-state index in [1.165, 1.54) is 5.56 Å². The lowest BCUT2D eigenvalue weighted by atomic mass is 9.89. The van der Waals surface area contributed by atoms with Crippen LogP contribution in [0.1, 0.15) is 35.9 Å². The van der Waals surface area contributed by atoms with E-state index in [9.17, 15) is 4.79 Å². The summed E-state index contributed by atoms with van der Waals surface area (Å²) in [5.74, 6) is 0.480. The number of hydrogen-bond acceptors (Lipinski definition) is 4. The van der Waals surface area contributed by atoms with E-state index in [1.807, 2.05) is 17.0 Å². The molecule has 0 bridgehead atoms. The SMILES string of the molecule is C=C(C=O)N1CCOCC1c1cc(Cl)cc(C2CCOCC2)c1. The fourth-order valence-corrected chi connectivity index (χ4v) is 3.64. The van der Waals surface area contributed by atoms with Gasteiger partial charge in [-0.3, -0.25) is 4.79 Å². The van der Waals surface area contributed by atoms with Crippen LogP contribution in [0.15, 0.2) is 30.5 Å². The van der Waals surface area contributed by atoms with Crippen LogP contribution in [0.5, 0.6) is 0 Å². The number of carbonyl (C=O) groups excluding carboxylic acids is 1. The van der Waals surface area contributed by atoms with Gasteiger partial charge in [-0.15, -0.1) is 0 Å². The number of rotatable bonds is 4. The summed E-state index contributed by atoms with van der Waals surface area (Å²) in [6, 6.07) is 6.20. The Morgan fingerprint density at radius 3 is 2.65 bits per heavy atom. The second-order valence-electron chi connectivity index (χ2n) is 6.10. The first kappa shape index (κ1) is 16.5. The summed E-state index contributed by atoms with van der Waals surface area (Å²) in [4.78, 5) is 13.2. The quantitative estimate of drug-likeness (QED) is 0.625. The van der Waals surface area contributed by atoms with Gasteiger partial charge in [-0.2, -0.15) is 0 Å². The molecule has 0 radical (unpaired) electrons. The first-order valence-electron chi connectivity index (χ1n) is 8.05. The van der Waals surface area contributed by atoms with Crippen molar-refractivity contribution in [2.45, 2.75) is 24.8 Å². The lowest BCUT2D eigenvalue weighted by Crippen LogP contribution is -2.39. The molecule has 5 heteroatoms. The van der Waals surface area contributed by atoms with E-state index >= 15 is 0 Å². The van der Waals surface area contributed by atoms with Gasteiger partial charge in [0.15, 0.2) is 6.29 Å². The Hall–Kier alpha value is -1.36. The smallest absolute Gasteiger partial charge is 0.165 e. The minimum Gasteiger partial charge on any atom is -0.381 e. The highest BCUT2D eigenvalue weighted by molar-refractivity contribution is 6.30. The molecule has 124 valence electrons. The zero-order valence-corrected chi connectivity index (χ0v) is 13.9. The van der Waals surface area contributed by atoms with Crippen LogP contribution in [0.2, 0.25) is 5.02 Å². The summed E-state index contributed by atoms with van der Waals surface area (Å²) in [5, 5.41) is 0.728. The van der Waals surface area contributed by atoms with Crippen LogP contribution in [0, 0.1) is 0 Å². The molecule has 1 aromatic carbocycles. The average Bonchev–Trinajstić information content (AvgIpc) is 2.61. The van der Waals surface area contributed by atoms with Crippen molar-refractivity contribution in [2.24, 2.45) is 0 Å². The molecule has 2 saturated heterocycles. The van der Waals surface area contributed by atoms with Crippen molar-refractivity contribution in [1.29, 1.82) is 0 Å². The van der Waals surface area contributed by atoms with Gasteiger partial charge in [0.2, 0.25) is 0 Å². The van der Waals surface area contributed by atoms with Gasteiger partial charge in [-0.25, -0.2) is 0 Å². The van der Waals surface area contributed by atoms with Crippen LogP contribution in [-0.4, -0.2) is 44.2 Å². The molecule has 2 aliphatic rings. The second kappa shape index (κ2) is 7.47. The molecule has 4 nitrogen and oxygen atoms in total. The maximum absolute atomic E-state index is 11.1. The van der Waals surface area contributed by atoms with Crippen molar-refractivity contribution in [3.05, 3.63) is 46.6 Å². The number of halogens is 1. The highest BCUT2D eigenvalue weighted by Crippen LogP contribution is 2.34. The lowest BCUT2D eigenvalue weighted by molar-refractivity contribution is -0.107.